The zero-order chi connectivity index (χ0) is 24.5. The van der Waals surface area contributed by atoms with Crippen LogP contribution in [0.2, 0.25) is 5.02 Å². The Bertz CT molecular complexity index is 1140. The van der Waals surface area contributed by atoms with Gasteiger partial charge in [0.2, 0.25) is 11.8 Å². The van der Waals surface area contributed by atoms with Crippen LogP contribution < -0.4 is 20.1 Å². The third-order valence-electron chi connectivity index (χ3n) is 4.85. The van der Waals surface area contributed by atoms with Crippen LogP contribution >= 0.6 is 23.4 Å². The Morgan fingerprint density at radius 2 is 1.82 bits per heavy atom. The van der Waals surface area contributed by atoms with E-state index in [1.54, 1.807) is 25.3 Å². The topological polar surface area (TPSA) is 107 Å². The summed E-state index contributed by atoms with van der Waals surface area (Å²) in [5.74, 6) is 1.64. The van der Waals surface area contributed by atoms with Crippen molar-refractivity contribution in [3.63, 3.8) is 0 Å². The summed E-state index contributed by atoms with van der Waals surface area (Å²) in [6.07, 6.45) is 0.249. The molecule has 0 saturated heterocycles. The molecule has 0 radical (unpaired) electrons. The number of benzene rings is 2. The molecule has 0 unspecified atom stereocenters. The lowest BCUT2D eigenvalue weighted by atomic mass is 10.1. The van der Waals surface area contributed by atoms with Crippen molar-refractivity contribution in [2.24, 2.45) is 0 Å². The van der Waals surface area contributed by atoms with Gasteiger partial charge in [-0.1, -0.05) is 35.5 Å². The van der Waals surface area contributed by atoms with Gasteiger partial charge in [0.25, 0.3) is 0 Å². The molecule has 0 saturated carbocycles. The largest absolute Gasteiger partial charge is 0.497 e. The minimum atomic E-state index is -0.231. The number of halogens is 1. The van der Waals surface area contributed by atoms with Crippen LogP contribution in [0.25, 0.3) is 0 Å². The van der Waals surface area contributed by atoms with E-state index in [-0.39, 0.29) is 30.5 Å². The van der Waals surface area contributed by atoms with Crippen molar-refractivity contribution in [1.29, 1.82) is 0 Å². The zero-order valence-electron chi connectivity index (χ0n) is 19.1. The number of thioether (sulfide) groups is 1. The summed E-state index contributed by atoms with van der Waals surface area (Å²) in [7, 11) is 3.12. The second kappa shape index (κ2) is 12.3. The van der Waals surface area contributed by atoms with Gasteiger partial charge in [0, 0.05) is 11.6 Å². The monoisotopic (exact) mass is 503 g/mol. The molecule has 180 valence electrons. The van der Waals surface area contributed by atoms with E-state index in [2.05, 4.69) is 20.8 Å². The van der Waals surface area contributed by atoms with E-state index in [1.165, 1.54) is 18.9 Å². The van der Waals surface area contributed by atoms with Gasteiger partial charge in [0.1, 0.15) is 11.5 Å². The Labute approximate surface area is 207 Å². The fourth-order valence-corrected chi connectivity index (χ4v) is 4.13. The molecule has 1 aromatic heterocycles. The molecule has 0 spiro atoms. The molecule has 9 nitrogen and oxygen atoms in total. The number of ether oxygens (including phenoxy) is 2. The van der Waals surface area contributed by atoms with Crippen LogP contribution in [0.15, 0.2) is 47.6 Å². The number of hydrogen-bond donors (Lipinski definition) is 2. The number of nitrogens with one attached hydrogen (secondary N) is 2. The number of rotatable bonds is 11. The van der Waals surface area contributed by atoms with Crippen LogP contribution in [0.1, 0.15) is 18.3 Å². The van der Waals surface area contributed by atoms with Gasteiger partial charge < -0.3 is 24.7 Å². The highest BCUT2D eigenvalue weighted by atomic mass is 35.5. The minimum Gasteiger partial charge on any atom is -0.497 e. The van der Waals surface area contributed by atoms with Crippen LogP contribution in [0, 0.1) is 0 Å². The van der Waals surface area contributed by atoms with Crippen LogP contribution in [-0.2, 0) is 29.1 Å². The number of methoxy groups -OCH3 is 2. The molecule has 0 aliphatic carbocycles. The van der Waals surface area contributed by atoms with Gasteiger partial charge in [-0.2, -0.15) is 0 Å². The van der Waals surface area contributed by atoms with Gasteiger partial charge in [0.15, 0.2) is 11.0 Å². The van der Waals surface area contributed by atoms with Crippen LogP contribution in [0.5, 0.6) is 11.5 Å². The molecule has 3 aromatic rings. The Morgan fingerprint density at radius 1 is 1.06 bits per heavy atom. The summed E-state index contributed by atoms with van der Waals surface area (Å²) in [6, 6.07) is 12.3. The molecule has 11 heteroatoms. The maximum atomic E-state index is 12.4. The van der Waals surface area contributed by atoms with Crippen molar-refractivity contribution >= 4 is 40.9 Å². The lowest BCUT2D eigenvalue weighted by Gasteiger charge is -2.11. The lowest BCUT2D eigenvalue weighted by Crippen LogP contribution is -2.26. The Hall–Kier alpha value is -3.24. The summed E-state index contributed by atoms with van der Waals surface area (Å²) in [5, 5.41) is 15.1. The van der Waals surface area contributed by atoms with Crippen molar-refractivity contribution in [2.45, 2.75) is 31.6 Å². The maximum Gasteiger partial charge on any atom is 0.234 e. The summed E-state index contributed by atoms with van der Waals surface area (Å²) in [6.45, 7) is 2.79. The molecule has 2 N–H and O–H groups in total. The van der Waals surface area contributed by atoms with Crippen molar-refractivity contribution in [3.8, 4) is 11.5 Å². The predicted molar refractivity (Wildman–Crippen MR) is 132 cm³/mol. The first-order chi connectivity index (χ1) is 16.4. The molecule has 2 aromatic carbocycles. The smallest absolute Gasteiger partial charge is 0.234 e. The molecular formula is C23H26ClN5O4S. The van der Waals surface area contributed by atoms with Crippen LogP contribution in [0.4, 0.5) is 5.69 Å². The number of hydrogen-bond acceptors (Lipinski definition) is 7. The normalized spacial score (nSPS) is 10.6. The molecule has 3 rings (SSSR count). The lowest BCUT2D eigenvalue weighted by molar-refractivity contribution is -0.120. The van der Waals surface area contributed by atoms with Crippen molar-refractivity contribution in [2.75, 3.05) is 25.3 Å². The number of carbonyl (C=O) groups excluding carboxylic acids is 2. The highest BCUT2D eigenvalue weighted by Crippen LogP contribution is 2.28. The first-order valence-corrected chi connectivity index (χ1v) is 11.9. The molecule has 2 amide bonds. The Balaban J connectivity index is 1.53. The molecule has 0 aliphatic rings. The van der Waals surface area contributed by atoms with Crippen molar-refractivity contribution in [3.05, 3.63) is 58.9 Å². The summed E-state index contributed by atoms with van der Waals surface area (Å²) in [5.41, 5.74) is 1.38. The van der Waals surface area contributed by atoms with Crippen molar-refractivity contribution < 1.29 is 19.1 Å². The van der Waals surface area contributed by atoms with E-state index >= 15 is 0 Å². The average molecular weight is 504 g/mol. The highest BCUT2D eigenvalue weighted by molar-refractivity contribution is 7.99. The number of amides is 2. The Kier molecular flexibility index (Phi) is 9.17. The highest BCUT2D eigenvalue weighted by Gasteiger charge is 2.15. The predicted octanol–water partition coefficient (Wildman–Crippen LogP) is 3.56. The number of aromatic nitrogens is 3. The second-order valence-corrected chi connectivity index (χ2v) is 8.51. The first kappa shape index (κ1) is 25.4. The van der Waals surface area contributed by atoms with E-state index in [1.807, 2.05) is 35.8 Å². The molecular weight excluding hydrogens is 478 g/mol. The van der Waals surface area contributed by atoms with Gasteiger partial charge in [-0.05, 0) is 42.8 Å². The number of anilines is 1. The SMILES string of the molecule is CCn1c(CNC(=O)Cc2ccc(OC)cc2)nnc1SCC(=O)Nc1cc(Cl)ccc1OC. The molecule has 0 aliphatic heterocycles. The molecule has 0 bridgehead atoms. The zero-order valence-corrected chi connectivity index (χ0v) is 20.7. The summed E-state index contributed by atoms with van der Waals surface area (Å²) in [4.78, 5) is 24.8. The van der Waals surface area contributed by atoms with E-state index < -0.39 is 0 Å². The molecule has 34 heavy (non-hydrogen) atoms. The maximum absolute atomic E-state index is 12.4. The average Bonchev–Trinajstić information content (AvgIpc) is 3.24. The fraction of sp³-hybridized carbons (Fsp3) is 0.304. The third kappa shape index (κ3) is 6.88. The van der Waals surface area contributed by atoms with Gasteiger partial charge in [0.05, 0.1) is 38.6 Å². The second-order valence-electron chi connectivity index (χ2n) is 7.13. The quantitative estimate of drug-likeness (QED) is 0.385. The van der Waals surface area contributed by atoms with Gasteiger partial charge in [-0.25, -0.2) is 0 Å². The van der Waals surface area contributed by atoms with E-state index in [4.69, 9.17) is 21.1 Å². The van der Waals surface area contributed by atoms with Gasteiger partial charge in [-0.3, -0.25) is 9.59 Å². The Morgan fingerprint density at radius 3 is 2.50 bits per heavy atom. The molecule has 0 atom stereocenters. The summed E-state index contributed by atoms with van der Waals surface area (Å²) >= 11 is 7.27. The minimum absolute atomic E-state index is 0.123. The first-order valence-electron chi connectivity index (χ1n) is 10.5. The van der Waals surface area contributed by atoms with Crippen LogP contribution in [0.3, 0.4) is 0 Å². The fourth-order valence-electron chi connectivity index (χ4n) is 3.14. The van der Waals surface area contributed by atoms with Gasteiger partial charge in [-0.15, -0.1) is 10.2 Å². The van der Waals surface area contributed by atoms with Crippen LogP contribution in [-0.4, -0.2) is 46.6 Å². The molecule has 1 heterocycles. The summed E-state index contributed by atoms with van der Waals surface area (Å²) < 4.78 is 12.2. The molecule has 0 fully saturated rings. The standard InChI is InChI=1S/C23H26ClN5O4S/c1-4-29-20(13-25-21(30)11-15-5-8-17(32-2)9-6-15)27-28-23(29)34-14-22(31)26-18-12-16(24)7-10-19(18)33-3/h5-10,12H,4,11,13-14H2,1-3H3,(H,25,30)(H,26,31). The number of nitrogens with zero attached hydrogens (tertiary/aromatic N) is 3. The number of carbonyl (C=O) groups is 2. The van der Waals surface area contributed by atoms with Gasteiger partial charge >= 0.3 is 0 Å². The van der Waals surface area contributed by atoms with Crippen molar-refractivity contribution in [1.82, 2.24) is 20.1 Å². The van der Waals surface area contributed by atoms with E-state index in [9.17, 15) is 9.59 Å². The van der Waals surface area contributed by atoms with E-state index in [0.29, 0.717) is 34.0 Å². The van der Waals surface area contributed by atoms with E-state index in [0.717, 1.165) is 11.3 Å². The third-order valence-corrected chi connectivity index (χ3v) is 6.05.